The molecule has 0 bridgehead atoms. The van der Waals surface area contributed by atoms with E-state index in [4.69, 9.17) is 15.2 Å². The number of halogens is 3. The molecule has 112 valence electrons. The molecule has 0 aliphatic heterocycles. The molecule has 0 aliphatic rings. The fourth-order valence-electron chi connectivity index (χ4n) is 1.75. The smallest absolute Gasteiger partial charge is 0.143 e. The molecular weight excluding hydrogens is 466 g/mol. The number of hydrogen-bond donors (Lipinski definition) is 1. The van der Waals surface area contributed by atoms with Gasteiger partial charge in [0.15, 0.2) is 0 Å². The highest BCUT2D eigenvalue weighted by molar-refractivity contribution is 9.11. The molecule has 0 radical (unpaired) electrons. The van der Waals surface area contributed by atoms with Crippen LogP contribution in [0.4, 0.5) is 0 Å². The molecule has 2 rings (SSSR count). The van der Waals surface area contributed by atoms with E-state index < -0.39 is 0 Å². The number of ether oxygens (including phenoxy) is 2. The molecule has 0 fully saturated rings. The van der Waals surface area contributed by atoms with Gasteiger partial charge in [-0.1, -0.05) is 6.07 Å². The van der Waals surface area contributed by atoms with E-state index in [1.165, 1.54) is 0 Å². The molecule has 2 aromatic carbocycles. The Hall–Kier alpha value is -0.560. The highest BCUT2D eigenvalue weighted by Crippen LogP contribution is 2.40. The van der Waals surface area contributed by atoms with Crippen LogP contribution >= 0.6 is 47.8 Å². The highest BCUT2D eigenvalue weighted by atomic mass is 79.9. The second kappa shape index (κ2) is 7.13. The predicted molar refractivity (Wildman–Crippen MR) is 95.2 cm³/mol. The summed E-state index contributed by atoms with van der Waals surface area (Å²) in [7, 11) is 1.62. The van der Waals surface area contributed by atoms with E-state index in [9.17, 15) is 0 Å². The third-order valence-corrected chi connectivity index (χ3v) is 4.77. The van der Waals surface area contributed by atoms with Crippen molar-refractivity contribution in [1.29, 1.82) is 0 Å². The number of rotatable bonds is 4. The second-order valence-electron chi connectivity index (χ2n) is 4.50. The van der Waals surface area contributed by atoms with Crippen LogP contribution in [0.5, 0.6) is 17.2 Å². The Bertz CT molecular complexity index is 660. The van der Waals surface area contributed by atoms with Crippen molar-refractivity contribution in [3.05, 3.63) is 49.3 Å². The van der Waals surface area contributed by atoms with Crippen LogP contribution in [0.25, 0.3) is 0 Å². The van der Waals surface area contributed by atoms with Gasteiger partial charge in [-0.3, -0.25) is 0 Å². The van der Waals surface area contributed by atoms with Gasteiger partial charge in [-0.15, -0.1) is 0 Å². The van der Waals surface area contributed by atoms with Gasteiger partial charge in [-0.2, -0.15) is 0 Å². The van der Waals surface area contributed by atoms with Crippen LogP contribution < -0.4 is 15.2 Å². The normalized spacial score (nSPS) is 12.1. The standard InChI is InChI=1S/C15H14Br3NO2/c1-8(19)9-3-4-13(10(16)5-9)21-15-7-11(17)14(20-2)6-12(15)18/h3-8H,19H2,1-2H3/t8-/m1/s1. The average molecular weight is 480 g/mol. The Morgan fingerprint density at radius 1 is 0.905 bits per heavy atom. The molecule has 21 heavy (non-hydrogen) atoms. The van der Waals surface area contributed by atoms with Crippen LogP contribution in [-0.4, -0.2) is 7.11 Å². The molecular formula is C15H14Br3NO2. The lowest BCUT2D eigenvalue weighted by Gasteiger charge is -2.13. The predicted octanol–water partition coefficient (Wildman–Crippen LogP) is 5.79. The first-order chi connectivity index (χ1) is 9.92. The van der Waals surface area contributed by atoms with Crippen molar-refractivity contribution in [2.24, 2.45) is 5.73 Å². The van der Waals surface area contributed by atoms with Crippen molar-refractivity contribution in [2.45, 2.75) is 13.0 Å². The van der Waals surface area contributed by atoms with Gasteiger partial charge in [0.2, 0.25) is 0 Å². The first kappa shape index (κ1) is 16.8. The van der Waals surface area contributed by atoms with Crippen molar-refractivity contribution >= 4 is 47.8 Å². The molecule has 2 N–H and O–H groups in total. The number of nitrogens with two attached hydrogens (primary N) is 1. The van der Waals surface area contributed by atoms with Crippen molar-refractivity contribution in [3.63, 3.8) is 0 Å². The van der Waals surface area contributed by atoms with Crippen LogP contribution in [-0.2, 0) is 0 Å². The van der Waals surface area contributed by atoms with Crippen LogP contribution in [0.3, 0.4) is 0 Å². The monoisotopic (exact) mass is 477 g/mol. The first-order valence-electron chi connectivity index (χ1n) is 6.18. The fraction of sp³-hybridized carbons (Fsp3) is 0.200. The summed E-state index contributed by atoms with van der Waals surface area (Å²) in [6.45, 7) is 1.94. The third-order valence-electron chi connectivity index (χ3n) is 2.91. The summed E-state index contributed by atoms with van der Waals surface area (Å²) in [6, 6.07) is 9.51. The fourth-order valence-corrected chi connectivity index (χ4v) is 3.11. The van der Waals surface area contributed by atoms with Crippen LogP contribution in [0.15, 0.2) is 43.7 Å². The third kappa shape index (κ3) is 4.00. The molecule has 0 spiro atoms. The van der Waals surface area contributed by atoms with Gasteiger partial charge in [0.05, 0.1) is 20.5 Å². The quantitative estimate of drug-likeness (QED) is 0.603. The van der Waals surface area contributed by atoms with Crippen molar-refractivity contribution in [2.75, 3.05) is 7.11 Å². The summed E-state index contributed by atoms with van der Waals surface area (Å²) in [6.07, 6.45) is 0. The lowest BCUT2D eigenvalue weighted by molar-refractivity contribution is 0.409. The van der Waals surface area contributed by atoms with Crippen molar-refractivity contribution in [1.82, 2.24) is 0 Å². The molecule has 0 saturated heterocycles. The molecule has 1 atom stereocenters. The summed E-state index contributed by atoms with van der Waals surface area (Å²) in [5.74, 6) is 2.15. The molecule has 0 aliphatic carbocycles. The van der Waals surface area contributed by atoms with Gasteiger partial charge in [0, 0.05) is 6.04 Å². The van der Waals surface area contributed by atoms with Gasteiger partial charge >= 0.3 is 0 Å². The Morgan fingerprint density at radius 3 is 2.05 bits per heavy atom. The Labute approximate surface area is 149 Å². The van der Waals surface area contributed by atoms with Gasteiger partial charge < -0.3 is 15.2 Å². The van der Waals surface area contributed by atoms with Crippen LogP contribution in [0.2, 0.25) is 0 Å². The largest absolute Gasteiger partial charge is 0.496 e. The molecule has 0 aromatic heterocycles. The number of methoxy groups -OCH3 is 1. The maximum Gasteiger partial charge on any atom is 0.143 e. The van der Waals surface area contributed by atoms with Crippen LogP contribution in [0, 0.1) is 0 Å². The molecule has 6 heteroatoms. The maximum atomic E-state index is 5.93. The molecule has 0 amide bonds. The van der Waals surface area contributed by atoms with Crippen LogP contribution in [0.1, 0.15) is 18.5 Å². The molecule has 3 nitrogen and oxygen atoms in total. The number of benzene rings is 2. The van der Waals surface area contributed by atoms with E-state index in [1.54, 1.807) is 7.11 Å². The lowest BCUT2D eigenvalue weighted by atomic mass is 10.1. The van der Waals surface area contributed by atoms with E-state index in [-0.39, 0.29) is 6.04 Å². The molecule has 0 heterocycles. The Balaban J connectivity index is 2.32. The highest BCUT2D eigenvalue weighted by Gasteiger charge is 2.12. The minimum atomic E-state index is -0.0165. The maximum absolute atomic E-state index is 5.93. The van der Waals surface area contributed by atoms with Gasteiger partial charge in [-0.05, 0) is 84.5 Å². The zero-order valence-electron chi connectivity index (χ0n) is 11.5. The summed E-state index contributed by atoms with van der Waals surface area (Å²) in [4.78, 5) is 0. The molecule has 2 aromatic rings. The van der Waals surface area contributed by atoms with Crippen molar-refractivity contribution < 1.29 is 9.47 Å². The Morgan fingerprint density at radius 2 is 1.48 bits per heavy atom. The summed E-state index contributed by atoms with van der Waals surface area (Å²) < 4.78 is 13.7. The molecule has 0 unspecified atom stereocenters. The first-order valence-corrected chi connectivity index (χ1v) is 8.56. The summed E-state index contributed by atoms with van der Waals surface area (Å²) in [5, 5.41) is 0. The van der Waals surface area contributed by atoms with E-state index in [0.29, 0.717) is 5.75 Å². The van der Waals surface area contributed by atoms with E-state index >= 15 is 0 Å². The van der Waals surface area contributed by atoms with E-state index in [2.05, 4.69) is 47.8 Å². The van der Waals surface area contributed by atoms with Gasteiger partial charge in [-0.25, -0.2) is 0 Å². The minimum Gasteiger partial charge on any atom is -0.496 e. The van der Waals surface area contributed by atoms with Gasteiger partial charge in [0.1, 0.15) is 17.2 Å². The second-order valence-corrected chi connectivity index (χ2v) is 7.06. The zero-order chi connectivity index (χ0) is 15.6. The number of hydrogen-bond acceptors (Lipinski definition) is 3. The SMILES string of the molecule is COc1cc(Br)c(Oc2ccc([C@@H](C)N)cc2Br)cc1Br. The molecule has 0 saturated carbocycles. The van der Waals surface area contributed by atoms with Crippen molar-refractivity contribution in [3.8, 4) is 17.2 Å². The summed E-state index contributed by atoms with van der Waals surface area (Å²) >= 11 is 10.4. The Kier molecular flexibility index (Phi) is 5.71. The van der Waals surface area contributed by atoms with E-state index in [0.717, 1.165) is 30.5 Å². The lowest BCUT2D eigenvalue weighted by Crippen LogP contribution is -2.04. The van der Waals surface area contributed by atoms with Gasteiger partial charge in [0.25, 0.3) is 0 Å². The minimum absolute atomic E-state index is 0.0165. The average Bonchev–Trinajstić information content (AvgIpc) is 2.44. The zero-order valence-corrected chi connectivity index (χ0v) is 16.2. The van der Waals surface area contributed by atoms with E-state index in [1.807, 2.05) is 37.3 Å². The topological polar surface area (TPSA) is 44.5 Å². The summed E-state index contributed by atoms with van der Waals surface area (Å²) in [5.41, 5.74) is 6.92.